The molecular formula is C3H3F3O. The van der Waals surface area contributed by atoms with Crippen molar-refractivity contribution in [2.45, 2.75) is 6.11 Å². The first kappa shape index (κ1) is 6.49. The summed E-state index contributed by atoms with van der Waals surface area (Å²) in [6, 6.07) is 0. The highest BCUT2D eigenvalue weighted by Crippen LogP contribution is 2.15. The first-order valence-electron chi connectivity index (χ1n) is 1.43. The molecule has 0 rings (SSSR count). The highest BCUT2D eigenvalue weighted by molar-refractivity contribution is 4.76. The quantitative estimate of drug-likeness (QED) is 0.493. The van der Waals surface area contributed by atoms with Gasteiger partial charge in [0.15, 0.2) is 0 Å². The second kappa shape index (κ2) is 1.97. The van der Waals surface area contributed by atoms with Crippen LogP contribution in [0.5, 0.6) is 0 Å². The van der Waals surface area contributed by atoms with Crippen LogP contribution in [0.3, 0.4) is 0 Å². The second-order valence-electron chi connectivity index (χ2n) is 0.843. The van der Waals surface area contributed by atoms with Crippen LogP contribution in [0.1, 0.15) is 0 Å². The van der Waals surface area contributed by atoms with Gasteiger partial charge in [0.2, 0.25) is 0 Å². The minimum atomic E-state index is -3.82. The van der Waals surface area contributed by atoms with Crippen molar-refractivity contribution in [1.29, 1.82) is 0 Å². The van der Waals surface area contributed by atoms with Gasteiger partial charge in [0.25, 0.3) is 0 Å². The maximum atomic E-state index is 11.2. The summed E-state index contributed by atoms with van der Waals surface area (Å²) in [5, 5.41) is 0. The van der Waals surface area contributed by atoms with Gasteiger partial charge in [0, 0.05) is 6.08 Å². The topological polar surface area (TPSA) is 9.23 Å². The first-order valence-corrected chi connectivity index (χ1v) is 1.43. The summed E-state index contributed by atoms with van der Waals surface area (Å²) >= 11 is 0. The molecule has 0 bridgehead atoms. The van der Waals surface area contributed by atoms with E-state index in [1.807, 2.05) is 0 Å². The summed E-state index contributed by atoms with van der Waals surface area (Å²) in [5.41, 5.74) is 0. The Kier molecular flexibility index (Phi) is 1.83. The van der Waals surface area contributed by atoms with Gasteiger partial charge in [-0.2, -0.15) is 8.78 Å². The molecule has 0 heterocycles. The average Bonchev–Trinajstić information content (AvgIpc) is 1.68. The fourth-order valence-corrected chi connectivity index (χ4v) is 0.0315. The number of halogens is 3. The molecule has 0 aliphatic carbocycles. The number of hydrogen-bond acceptors (Lipinski definition) is 1. The fraction of sp³-hybridized carbons (Fsp3) is 0.333. The molecule has 0 aliphatic rings. The number of rotatable bonds is 2. The number of hydrogen-bond donors (Lipinski definition) is 0. The third-order valence-electron chi connectivity index (χ3n) is 0.341. The fourth-order valence-electron chi connectivity index (χ4n) is 0.0315. The van der Waals surface area contributed by atoms with Gasteiger partial charge in [-0.1, -0.05) is 6.58 Å². The molecule has 42 valence electrons. The third-order valence-corrected chi connectivity index (χ3v) is 0.341. The summed E-state index contributed by atoms with van der Waals surface area (Å²) in [6.07, 6.45) is -3.76. The van der Waals surface area contributed by atoms with E-state index < -0.39 is 6.11 Å². The van der Waals surface area contributed by atoms with E-state index in [-0.39, 0.29) is 6.08 Å². The second-order valence-corrected chi connectivity index (χ2v) is 0.843. The van der Waals surface area contributed by atoms with Gasteiger partial charge >= 0.3 is 6.11 Å². The summed E-state index contributed by atoms with van der Waals surface area (Å²) in [5.74, 6) is 0. The zero-order valence-corrected chi connectivity index (χ0v) is 3.33. The molecule has 0 fully saturated rings. The SMILES string of the molecule is C=CC(F)(F)OF. The van der Waals surface area contributed by atoms with E-state index >= 15 is 0 Å². The van der Waals surface area contributed by atoms with Crippen LogP contribution in [0.4, 0.5) is 13.3 Å². The van der Waals surface area contributed by atoms with E-state index in [0.717, 1.165) is 0 Å². The van der Waals surface area contributed by atoms with E-state index in [9.17, 15) is 13.3 Å². The lowest BCUT2D eigenvalue weighted by Gasteiger charge is -1.99. The largest absolute Gasteiger partial charge is 0.406 e. The van der Waals surface area contributed by atoms with Crippen LogP contribution in [0.2, 0.25) is 0 Å². The molecule has 0 saturated carbocycles. The highest BCUT2D eigenvalue weighted by atomic mass is 19.4. The maximum Gasteiger partial charge on any atom is 0.406 e. The van der Waals surface area contributed by atoms with Crippen LogP contribution in [0.25, 0.3) is 0 Å². The molecule has 7 heavy (non-hydrogen) atoms. The minimum Gasteiger partial charge on any atom is -0.169 e. The Morgan fingerprint density at radius 1 is 1.57 bits per heavy atom. The van der Waals surface area contributed by atoms with Crippen molar-refractivity contribution in [1.82, 2.24) is 0 Å². The Labute approximate surface area is 38.3 Å². The molecule has 0 aromatic heterocycles. The molecule has 0 N–H and O–H groups in total. The Morgan fingerprint density at radius 2 is 2.00 bits per heavy atom. The predicted octanol–water partition coefficient (Wildman–Crippen LogP) is 1.67. The monoisotopic (exact) mass is 112 g/mol. The van der Waals surface area contributed by atoms with Gasteiger partial charge in [-0.05, 0) is 4.53 Å². The van der Waals surface area contributed by atoms with Crippen LogP contribution >= 0.6 is 0 Å². The van der Waals surface area contributed by atoms with Crippen LogP contribution in [-0.2, 0) is 4.94 Å². The lowest BCUT2D eigenvalue weighted by molar-refractivity contribution is -0.327. The van der Waals surface area contributed by atoms with Crippen molar-refractivity contribution in [2.75, 3.05) is 0 Å². The Morgan fingerprint density at radius 3 is 2.00 bits per heavy atom. The summed E-state index contributed by atoms with van der Waals surface area (Å²) in [4.78, 5) is 2.14. The predicted molar refractivity (Wildman–Crippen MR) is 17.3 cm³/mol. The highest BCUT2D eigenvalue weighted by Gasteiger charge is 2.25. The molecule has 0 aliphatic heterocycles. The van der Waals surface area contributed by atoms with Gasteiger partial charge in [0.05, 0.1) is 0 Å². The number of alkyl halides is 2. The van der Waals surface area contributed by atoms with Gasteiger partial charge < -0.3 is 0 Å². The summed E-state index contributed by atoms with van der Waals surface area (Å²) in [6.45, 7) is 2.59. The van der Waals surface area contributed by atoms with Crippen LogP contribution < -0.4 is 0 Å². The molecule has 0 unspecified atom stereocenters. The molecule has 0 atom stereocenters. The van der Waals surface area contributed by atoms with E-state index in [1.54, 1.807) is 0 Å². The van der Waals surface area contributed by atoms with E-state index in [0.29, 0.717) is 0 Å². The van der Waals surface area contributed by atoms with Crippen molar-refractivity contribution >= 4 is 0 Å². The molecule has 0 radical (unpaired) electrons. The average molecular weight is 112 g/mol. The van der Waals surface area contributed by atoms with E-state index in [4.69, 9.17) is 0 Å². The smallest absolute Gasteiger partial charge is 0.169 e. The Balaban J connectivity index is 3.58. The molecule has 0 saturated heterocycles. The van der Waals surface area contributed by atoms with Gasteiger partial charge in [-0.3, -0.25) is 0 Å². The van der Waals surface area contributed by atoms with Gasteiger partial charge in [0.1, 0.15) is 0 Å². The van der Waals surface area contributed by atoms with Gasteiger partial charge in [-0.25, -0.2) is 0 Å². The lowest BCUT2D eigenvalue weighted by Crippen LogP contribution is -2.10. The van der Waals surface area contributed by atoms with E-state index in [2.05, 4.69) is 11.5 Å². The lowest BCUT2D eigenvalue weighted by atomic mass is 10.6. The molecular weight excluding hydrogens is 109 g/mol. The summed E-state index contributed by atoms with van der Waals surface area (Å²) < 4.78 is 32.8. The Bertz CT molecular complexity index is 70.6. The molecule has 0 aromatic carbocycles. The van der Waals surface area contributed by atoms with Crippen LogP contribution in [0.15, 0.2) is 12.7 Å². The minimum absolute atomic E-state index is 0.0625. The zero-order valence-electron chi connectivity index (χ0n) is 3.33. The summed E-state index contributed by atoms with van der Waals surface area (Å²) in [7, 11) is 0. The normalized spacial score (nSPS) is 11.3. The first-order chi connectivity index (χ1) is 3.12. The van der Waals surface area contributed by atoms with Crippen molar-refractivity contribution < 1.29 is 18.2 Å². The maximum absolute atomic E-state index is 11.2. The molecule has 0 spiro atoms. The molecule has 4 heteroatoms. The molecule has 0 aromatic rings. The van der Waals surface area contributed by atoms with Crippen molar-refractivity contribution in [2.24, 2.45) is 0 Å². The van der Waals surface area contributed by atoms with Crippen LogP contribution in [-0.4, -0.2) is 6.11 Å². The van der Waals surface area contributed by atoms with E-state index in [1.165, 1.54) is 0 Å². The molecule has 0 amide bonds. The molecule has 1 nitrogen and oxygen atoms in total. The zero-order chi connectivity index (χ0) is 5.91. The van der Waals surface area contributed by atoms with Gasteiger partial charge in [-0.15, -0.1) is 4.94 Å². The van der Waals surface area contributed by atoms with Crippen molar-refractivity contribution in [3.8, 4) is 0 Å². The standard InChI is InChI=1S/C3H3F3O/c1-2-3(4,5)7-6/h2H,1H2. The Hall–Kier alpha value is -0.510. The van der Waals surface area contributed by atoms with Crippen molar-refractivity contribution in [3.63, 3.8) is 0 Å². The van der Waals surface area contributed by atoms with Crippen molar-refractivity contribution in [3.05, 3.63) is 12.7 Å². The van der Waals surface area contributed by atoms with Crippen LogP contribution in [0, 0.1) is 0 Å². The third kappa shape index (κ3) is 2.22.